The summed E-state index contributed by atoms with van der Waals surface area (Å²) in [6.45, 7) is 13.8. The summed E-state index contributed by atoms with van der Waals surface area (Å²) in [6.07, 6.45) is 5.41. The number of benzene rings is 1. The highest BCUT2D eigenvalue weighted by molar-refractivity contribution is 5.54. The molecule has 0 aromatic heterocycles. The van der Waals surface area contributed by atoms with Crippen molar-refractivity contribution in [2.24, 2.45) is 0 Å². The first-order valence-corrected chi connectivity index (χ1v) is 13.6. The number of hydrogen-bond donors (Lipinski definition) is 3. The Morgan fingerprint density at radius 3 is 0.694 bits per heavy atom. The van der Waals surface area contributed by atoms with Crippen molar-refractivity contribution in [3.05, 3.63) is 33.4 Å². The van der Waals surface area contributed by atoms with Crippen molar-refractivity contribution in [2.45, 2.75) is 96.1 Å². The van der Waals surface area contributed by atoms with Crippen LogP contribution in [0.5, 0.6) is 0 Å². The molecule has 0 saturated carbocycles. The second-order valence-corrected chi connectivity index (χ2v) is 12.9. The molecule has 36 heavy (non-hydrogen) atoms. The Balaban J connectivity index is 0.00000101. The molecule has 0 aliphatic carbocycles. The lowest BCUT2D eigenvalue weighted by atomic mass is 9.90. The largest absolute Gasteiger partial charge is 1.00 e. The lowest BCUT2D eigenvalue weighted by molar-refractivity contribution is -0.954. The molecule has 6 aliphatic rings. The maximum Gasteiger partial charge on any atom is 0.106 e. The Morgan fingerprint density at radius 2 is 0.528 bits per heavy atom. The summed E-state index contributed by atoms with van der Waals surface area (Å²) in [7, 11) is 0. The number of hydrogen-bond acceptors (Lipinski definition) is 3. The maximum atomic E-state index is 10.2. The monoisotopic (exact) mass is 693 g/mol. The van der Waals surface area contributed by atoms with E-state index in [1.165, 1.54) is 52.7 Å². The highest BCUT2D eigenvalue weighted by Gasteiger charge is 2.52. The number of aliphatic hydroxyl groups is 3. The van der Waals surface area contributed by atoms with Crippen LogP contribution in [0.1, 0.15) is 71.9 Å². The summed E-state index contributed by atoms with van der Waals surface area (Å²) in [5.74, 6) is 0. The third-order valence-electron chi connectivity index (χ3n) is 10.8. The second kappa shape index (κ2) is 10.4. The second-order valence-electron chi connectivity index (χ2n) is 12.9. The van der Waals surface area contributed by atoms with E-state index in [-0.39, 0.29) is 69.3 Å². The molecule has 0 unspecified atom stereocenters. The number of rotatable bonds is 0. The van der Waals surface area contributed by atoms with E-state index in [2.05, 4.69) is 0 Å². The third kappa shape index (κ3) is 4.70. The number of halogens is 3. The third-order valence-corrected chi connectivity index (χ3v) is 10.8. The van der Waals surface area contributed by atoms with Gasteiger partial charge in [-0.15, -0.1) is 0 Å². The fourth-order valence-electron chi connectivity index (χ4n) is 8.67. The molecule has 3 saturated heterocycles. The molecule has 3 N–H and O–H groups in total. The molecule has 0 atom stereocenters. The van der Waals surface area contributed by atoms with Crippen LogP contribution in [0.25, 0.3) is 0 Å². The Kier molecular flexibility index (Phi) is 8.52. The van der Waals surface area contributed by atoms with E-state index in [0.717, 1.165) is 77.8 Å². The van der Waals surface area contributed by atoms with E-state index in [1.54, 1.807) is 33.4 Å². The minimum atomic E-state index is -0.101. The van der Waals surface area contributed by atoms with Gasteiger partial charge < -0.3 is 79.7 Å². The minimum Gasteiger partial charge on any atom is -1.00 e. The van der Waals surface area contributed by atoms with Gasteiger partial charge in [-0.05, 0) is 0 Å². The van der Waals surface area contributed by atoms with Crippen molar-refractivity contribution in [1.82, 2.24) is 0 Å². The molecule has 6 aliphatic heterocycles. The van der Waals surface area contributed by atoms with E-state index in [9.17, 15) is 15.3 Å². The predicted octanol–water partition coefficient (Wildman–Crippen LogP) is -7.35. The van der Waals surface area contributed by atoms with E-state index in [1.807, 2.05) is 0 Å². The van der Waals surface area contributed by atoms with Gasteiger partial charge in [0.2, 0.25) is 0 Å². The van der Waals surface area contributed by atoms with Crippen LogP contribution in [0.4, 0.5) is 0 Å². The summed E-state index contributed by atoms with van der Waals surface area (Å²) in [5, 5.41) is 30.6. The zero-order chi connectivity index (χ0) is 22.4. The van der Waals surface area contributed by atoms with Crippen molar-refractivity contribution in [3.8, 4) is 0 Å². The molecule has 0 radical (unpaired) electrons. The highest BCUT2D eigenvalue weighted by Crippen LogP contribution is 2.49. The predicted molar refractivity (Wildman–Crippen MR) is 124 cm³/mol. The molecule has 6 heterocycles. The fraction of sp³-hybridized carbons (Fsp3) is 0.778. The number of aliphatic hydroxyl groups excluding tert-OH is 3. The normalized spacial score (nSPS) is 40.2. The Bertz CT molecular complexity index is 788. The Labute approximate surface area is 247 Å². The van der Waals surface area contributed by atoms with Crippen LogP contribution in [0.15, 0.2) is 0 Å². The first kappa shape index (κ1) is 29.4. The average molecular weight is 696 g/mol. The number of fused-ring (bicyclic) bond motifs is 6. The maximum absolute atomic E-state index is 10.2. The topological polar surface area (TPSA) is 60.7 Å². The first-order chi connectivity index (χ1) is 15.9. The highest BCUT2D eigenvalue weighted by atomic mass is 79.9. The van der Waals surface area contributed by atoms with Crippen LogP contribution < -0.4 is 50.9 Å². The molecule has 3 spiro atoms. The van der Waals surface area contributed by atoms with Crippen LogP contribution in [-0.4, -0.2) is 86.3 Å². The van der Waals surface area contributed by atoms with Gasteiger partial charge in [0.05, 0.1) is 57.6 Å². The molecule has 0 bridgehead atoms. The average Bonchev–Trinajstić information content (AvgIpc) is 3.48. The van der Waals surface area contributed by atoms with Gasteiger partial charge in [-0.3, -0.25) is 0 Å². The molecular weight excluding hydrogens is 654 g/mol. The molecule has 6 nitrogen and oxygen atoms in total. The molecular formula is C27H42Br3N3O3. The van der Waals surface area contributed by atoms with Crippen LogP contribution >= 0.6 is 0 Å². The fourth-order valence-corrected chi connectivity index (χ4v) is 8.67. The quantitative estimate of drug-likeness (QED) is 0.237. The lowest BCUT2D eigenvalue weighted by Crippen LogP contribution is -3.00. The smallest absolute Gasteiger partial charge is 0.106 e. The van der Waals surface area contributed by atoms with E-state index < -0.39 is 0 Å². The van der Waals surface area contributed by atoms with Crippen molar-refractivity contribution in [2.75, 3.05) is 39.3 Å². The molecule has 1 aromatic rings. The number of piperidine rings is 3. The van der Waals surface area contributed by atoms with Gasteiger partial charge in [0, 0.05) is 71.9 Å². The van der Waals surface area contributed by atoms with Crippen molar-refractivity contribution >= 4 is 0 Å². The standard InChI is InChI=1S/C27H42N3O3.3BrH/c31-19-1-7-28(8-2-19)13-22-23(14-28)25-16-30(11-5-21(33)6-12-30)18-27(25)26-17-29(15-24(22)26)9-3-20(32)4-10-29;;;/h19-21,31-33H,1-18H2;3*1H/q+3;;;/p-3. The zero-order valence-electron chi connectivity index (χ0n) is 21.3. The minimum absolute atomic E-state index is 0. The van der Waals surface area contributed by atoms with Crippen LogP contribution in [0.3, 0.4) is 0 Å². The van der Waals surface area contributed by atoms with Crippen LogP contribution in [0, 0.1) is 0 Å². The molecule has 204 valence electrons. The molecule has 3 fully saturated rings. The number of nitrogens with zero attached hydrogens (tertiary/aromatic N) is 3. The molecule has 0 amide bonds. The summed E-state index contributed by atoms with van der Waals surface area (Å²) >= 11 is 0. The molecule has 9 heteroatoms. The SMILES string of the molecule is OC1CC[N+]2(CC1)Cc1c3c(c4c(c1C2)C[N+]1(CCC(O)CC1)C4)C[N+]1(CCC(O)CC1)C3.[Br-].[Br-].[Br-]. The van der Waals surface area contributed by atoms with Crippen LogP contribution in [-0.2, 0) is 39.3 Å². The van der Waals surface area contributed by atoms with Crippen molar-refractivity contribution in [3.63, 3.8) is 0 Å². The Hall–Kier alpha value is 0.420. The van der Waals surface area contributed by atoms with Gasteiger partial charge in [-0.25, -0.2) is 0 Å². The van der Waals surface area contributed by atoms with E-state index in [4.69, 9.17) is 0 Å². The van der Waals surface area contributed by atoms with Crippen molar-refractivity contribution < 1.29 is 79.7 Å². The van der Waals surface area contributed by atoms with Gasteiger partial charge in [0.25, 0.3) is 0 Å². The van der Waals surface area contributed by atoms with Gasteiger partial charge in [0.1, 0.15) is 39.3 Å². The molecule has 1 aromatic carbocycles. The summed E-state index contributed by atoms with van der Waals surface area (Å²) in [4.78, 5) is 0. The van der Waals surface area contributed by atoms with Crippen molar-refractivity contribution in [1.29, 1.82) is 0 Å². The van der Waals surface area contributed by atoms with E-state index in [0.29, 0.717) is 0 Å². The zero-order valence-corrected chi connectivity index (χ0v) is 26.0. The summed E-state index contributed by atoms with van der Waals surface area (Å²) < 4.78 is 3.52. The van der Waals surface area contributed by atoms with Gasteiger partial charge in [-0.1, -0.05) is 0 Å². The first-order valence-electron chi connectivity index (χ1n) is 13.6. The summed E-state index contributed by atoms with van der Waals surface area (Å²) in [6, 6.07) is 0. The van der Waals surface area contributed by atoms with Crippen LogP contribution in [0.2, 0.25) is 0 Å². The summed E-state index contributed by atoms with van der Waals surface area (Å²) in [5.41, 5.74) is 10.2. The van der Waals surface area contributed by atoms with Gasteiger partial charge in [-0.2, -0.15) is 0 Å². The van der Waals surface area contributed by atoms with Gasteiger partial charge in [0.15, 0.2) is 0 Å². The van der Waals surface area contributed by atoms with E-state index >= 15 is 0 Å². The molecule has 7 rings (SSSR count). The number of quaternary nitrogens is 3. The Morgan fingerprint density at radius 1 is 0.361 bits per heavy atom. The van der Waals surface area contributed by atoms with Gasteiger partial charge >= 0.3 is 0 Å². The lowest BCUT2D eigenvalue weighted by Gasteiger charge is -2.40.